The van der Waals surface area contributed by atoms with Gasteiger partial charge in [-0.3, -0.25) is 9.89 Å². The molecule has 0 spiro atoms. The summed E-state index contributed by atoms with van der Waals surface area (Å²) in [7, 11) is 3.93. The zero-order chi connectivity index (χ0) is 18.7. The van der Waals surface area contributed by atoms with Crippen molar-refractivity contribution in [1.82, 2.24) is 20.4 Å². The van der Waals surface area contributed by atoms with Crippen LogP contribution >= 0.6 is 11.6 Å². The molecule has 7 heteroatoms. The van der Waals surface area contributed by atoms with E-state index in [1.54, 1.807) is 0 Å². The fraction of sp³-hybridized carbons (Fsp3) is 0.263. The van der Waals surface area contributed by atoms with Crippen LogP contribution < -0.4 is 5.32 Å². The van der Waals surface area contributed by atoms with Crippen LogP contribution in [0, 0.1) is 5.82 Å². The number of aromatic nitrogens is 2. The Morgan fingerprint density at radius 1 is 1.31 bits per heavy atom. The minimum Gasteiger partial charge on any atom is -0.350 e. The lowest BCUT2D eigenvalue weighted by Crippen LogP contribution is -2.41. The maximum Gasteiger partial charge on any atom is 0.251 e. The van der Waals surface area contributed by atoms with Crippen molar-refractivity contribution in [2.24, 2.45) is 0 Å². The zero-order valence-electron chi connectivity index (χ0n) is 14.6. The van der Waals surface area contributed by atoms with E-state index in [0.29, 0.717) is 6.54 Å². The molecule has 5 nitrogen and oxygen atoms in total. The second-order valence-electron chi connectivity index (χ2n) is 6.44. The number of H-pyrrole nitrogens is 1. The summed E-state index contributed by atoms with van der Waals surface area (Å²) >= 11 is 5.66. The van der Waals surface area contributed by atoms with Crippen LogP contribution in [0.5, 0.6) is 0 Å². The molecule has 1 aromatic heterocycles. The largest absolute Gasteiger partial charge is 0.350 e. The lowest BCUT2D eigenvalue weighted by Gasteiger charge is -2.25. The first-order valence-electron chi connectivity index (χ1n) is 8.26. The van der Waals surface area contributed by atoms with E-state index in [2.05, 4.69) is 26.5 Å². The smallest absolute Gasteiger partial charge is 0.251 e. The predicted molar refractivity (Wildman–Crippen MR) is 101 cm³/mol. The number of carbonyl (C=O) groups excluding carboxylic acids is 1. The van der Waals surface area contributed by atoms with Crippen molar-refractivity contribution in [3.05, 3.63) is 64.6 Å². The number of carbonyl (C=O) groups is 1. The molecular weight excluding hydrogens is 355 g/mol. The van der Waals surface area contributed by atoms with Crippen molar-refractivity contribution in [3.63, 3.8) is 0 Å². The van der Waals surface area contributed by atoms with Crippen LogP contribution in [0.3, 0.4) is 0 Å². The third kappa shape index (κ3) is 4.20. The van der Waals surface area contributed by atoms with Crippen LogP contribution in [0.1, 0.15) is 15.9 Å². The summed E-state index contributed by atoms with van der Waals surface area (Å²) in [5, 5.41) is 10.9. The number of aromatic amines is 1. The SMILES string of the molecule is CN(C)C(CNC(=O)c1ccc(Cl)c(F)c1)Cc1ccc2n[nH]cc2c1. The van der Waals surface area contributed by atoms with E-state index in [1.807, 2.05) is 32.4 Å². The maximum absolute atomic E-state index is 13.5. The van der Waals surface area contributed by atoms with E-state index >= 15 is 0 Å². The second-order valence-corrected chi connectivity index (χ2v) is 6.85. The van der Waals surface area contributed by atoms with E-state index in [4.69, 9.17) is 11.6 Å². The highest BCUT2D eigenvalue weighted by molar-refractivity contribution is 6.30. The highest BCUT2D eigenvalue weighted by Gasteiger charge is 2.16. The first-order chi connectivity index (χ1) is 12.4. The van der Waals surface area contributed by atoms with Gasteiger partial charge < -0.3 is 10.2 Å². The van der Waals surface area contributed by atoms with Gasteiger partial charge in [0, 0.05) is 29.7 Å². The van der Waals surface area contributed by atoms with Gasteiger partial charge in [0.1, 0.15) is 5.82 Å². The van der Waals surface area contributed by atoms with E-state index in [0.717, 1.165) is 29.0 Å². The quantitative estimate of drug-likeness (QED) is 0.696. The molecule has 136 valence electrons. The van der Waals surface area contributed by atoms with Crippen molar-refractivity contribution in [1.29, 1.82) is 0 Å². The Morgan fingerprint density at radius 2 is 2.12 bits per heavy atom. The lowest BCUT2D eigenvalue weighted by atomic mass is 10.0. The van der Waals surface area contributed by atoms with Gasteiger partial charge in [-0.2, -0.15) is 5.10 Å². The normalized spacial score (nSPS) is 12.5. The Bertz CT molecular complexity index is 925. The fourth-order valence-corrected chi connectivity index (χ4v) is 2.90. The van der Waals surface area contributed by atoms with Crippen molar-refractivity contribution >= 4 is 28.4 Å². The van der Waals surface area contributed by atoms with E-state index in [9.17, 15) is 9.18 Å². The Hall–Kier alpha value is -2.44. The molecule has 1 heterocycles. The third-order valence-electron chi connectivity index (χ3n) is 4.38. The first kappa shape index (κ1) is 18.4. The minimum absolute atomic E-state index is 0.00218. The van der Waals surface area contributed by atoms with E-state index in [1.165, 1.54) is 12.1 Å². The van der Waals surface area contributed by atoms with Crippen LogP contribution in [-0.2, 0) is 6.42 Å². The molecule has 26 heavy (non-hydrogen) atoms. The van der Waals surface area contributed by atoms with Crippen LogP contribution in [0.25, 0.3) is 10.9 Å². The number of likely N-dealkylation sites (N-methyl/N-ethyl adjacent to an activating group) is 1. The number of halogens is 2. The molecule has 2 N–H and O–H groups in total. The summed E-state index contributed by atoms with van der Waals surface area (Å²) in [4.78, 5) is 14.3. The summed E-state index contributed by atoms with van der Waals surface area (Å²) in [6, 6.07) is 10.2. The Labute approximate surface area is 156 Å². The Kier molecular flexibility index (Phi) is 5.54. The molecule has 0 radical (unpaired) electrons. The summed E-state index contributed by atoms with van der Waals surface area (Å²) in [5.74, 6) is -0.922. The van der Waals surface area contributed by atoms with Crippen molar-refractivity contribution in [2.45, 2.75) is 12.5 Å². The lowest BCUT2D eigenvalue weighted by molar-refractivity contribution is 0.0941. The molecule has 0 saturated heterocycles. The van der Waals surface area contributed by atoms with Gasteiger partial charge in [0.15, 0.2) is 0 Å². The van der Waals surface area contributed by atoms with Gasteiger partial charge in [0.2, 0.25) is 0 Å². The van der Waals surface area contributed by atoms with Crippen LogP contribution in [0.4, 0.5) is 4.39 Å². The fourth-order valence-electron chi connectivity index (χ4n) is 2.78. The number of amides is 1. The highest BCUT2D eigenvalue weighted by atomic mass is 35.5. The molecule has 0 fully saturated rings. The third-order valence-corrected chi connectivity index (χ3v) is 4.69. The van der Waals surface area contributed by atoms with Crippen LogP contribution in [0.2, 0.25) is 5.02 Å². The average Bonchev–Trinajstić information content (AvgIpc) is 3.08. The summed E-state index contributed by atoms with van der Waals surface area (Å²) < 4.78 is 13.5. The van der Waals surface area contributed by atoms with Crippen molar-refractivity contribution in [2.75, 3.05) is 20.6 Å². The first-order valence-corrected chi connectivity index (χ1v) is 8.64. The summed E-state index contributed by atoms with van der Waals surface area (Å²) in [5.41, 5.74) is 2.34. The number of nitrogens with zero attached hydrogens (tertiary/aromatic N) is 2. The second kappa shape index (κ2) is 7.85. The molecule has 1 amide bonds. The average molecular weight is 375 g/mol. The molecule has 3 aromatic rings. The molecule has 0 aliphatic carbocycles. The van der Waals surface area contributed by atoms with E-state index < -0.39 is 5.82 Å². The van der Waals surface area contributed by atoms with Gasteiger partial charge in [-0.25, -0.2) is 4.39 Å². The summed E-state index contributed by atoms with van der Waals surface area (Å²) in [6.45, 7) is 0.444. The molecular formula is C19H20ClFN4O. The molecule has 2 aromatic carbocycles. The number of benzene rings is 2. The van der Waals surface area contributed by atoms with Gasteiger partial charge in [-0.1, -0.05) is 17.7 Å². The van der Waals surface area contributed by atoms with E-state index in [-0.39, 0.29) is 22.5 Å². The number of fused-ring (bicyclic) bond motifs is 1. The molecule has 0 bridgehead atoms. The van der Waals surface area contributed by atoms with Gasteiger partial charge >= 0.3 is 0 Å². The van der Waals surface area contributed by atoms with Crippen LogP contribution in [-0.4, -0.2) is 47.7 Å². The zero-order valence-corrected chi connectivity index (χ0v) is 15.3. The highest BCUT2D eigenvalue weighted by Crippen LogP contribution is 2.17. The number of nitrogens with one attached hydrogen (secondary N) is 2. The molecule has 0 aliphatic heterocycles. The summed E-state index contributed by atoms with van der Waals surface area (Å²) in [6.07, 6.45) is 2.63. The molecule has 1 unspecified atom stereocenters. The number of hydrogen-bond donors (Lipinski definition) is 2. The van der Waals surface area contributed by atoms with Crippen LogP contribution in [0.15, 0.2) is 42.6 Å². The van der Waals surface area contributed by atoms with Gasteiger partial charge in [0.05, 0.1) is 10.5 Å². The maximum atomic E-state index is 13.5. The van der Waals surface area contributed by atoms with Gasteiger partial charge in [-0.15, -0.1) is 0 Å². The monoisotopic (exact) mass is 374 g/mol. The molecule has 0 saturated carbocycles. The van der Waals surface area contributed by atoms with Crippen molar-refractivity contribution < 1.29 is 9.18 Å². The Morgan fingerprint density at radius 3 is 2.85 bits per heavy atom. The number of rotatable bonds is 6. The topological polar surface area (TPSA) is 61.0 Å². The van der Waals surface area contributed by atoms with Gasteiger partial charge in [0.25, 0.3) is 5.91 Å². The minimum atomic E-state index is -0.600. The molecule has 1 atom stereocenters. The molecule has 3 rings (SSSR count). The molecule has 0 aliphatic rings. The van der Waals surface area contributed by atoms with Gasteiger partial charge in [-0.05, 0) is 56.4 Å². The standard InChI is InChI=1S/C19H20ClFN4O/c1-25(2)15(8-12-3-6-18-14(7-12)10-23-24-18)11-22-19(26)13-4-5-16(20)17(21)9-13/h3-7,9-10,15H,8,11H2,1-2H3,(H,22,26)(H,23,24). The number of hydrogen-bond acceptors (Lipinski definition) is 3. The van der Waals surface area contributed by atoms with Crippen molar-refractivity contribution in [3.8, 4) is 0 Å². The predicted octanol–water partition coefficient (Wildman–Crippen LogP) is 3.26. The Balaban J connectivity index is 1.66.